The molecule has 15 heavy (non-hydrogen) atoms. The Bertz CT molecular complexity index is 340. The van der Waals surface area contributed by atoms with Crippen molar-refractivity contribution in [3.8, 4) is 5.75 Å². The summed E-state index contributed by atoms with van der Waals surface area (Å²) in [7, 11) is 0. The predicted molar refractivity (Wildman–Crippen MR) is 60.5 cm³/mol. The van der Waals surface area contributed by atoms with Crippen molar-refractivity contribution in [2.45, 2.75) is 18.8 Å². The van der Waals surface area contributed by atoms with Crippen molar-refractivity contribution >= 4 is 0 Å². The third kappa shape index (κ3) is 3.58. The zero-order chi connectivity index (χ0) is 11.3. The Labute approximate surface area is 89.6 Å². The van der Waals surface area contributed by atoms with E-state index in [1.165, 1.54) is 0 Å². The molecule has 0 aliphatic rings. The first-order valence-corrected chi connectivity index (χ1v) is 4.86. The van der Waals surface area contributed by atoms with Gasteiger partial charge < -0.3 is 5.11 Å². The van der Waals surface area contributed by atoms with Gasteiger partial charge in [0.05, 0.1) is 5.83 Å². The molecular weight excluding hydrogens is 191 g/mol. The third-order valence-electron chi connectivity index (χ3n) is 2.28. The van der Waals surface area contributed by atoms with Gasteiger partial charge in [0.15, 0.2) is 0 Å². The summed E-state index contributed by atoms with van der Waals surface area (Å²) in [5.41, 5.74) is 0.992. The van der Waals surface area contributed by atoms with Gasteiger partial charge in [-0.05, 0) is 30.0 Å². The molecule has 0 saturated heterocycles. The molecule has 0 aromatic heterocycles. The van der Waals surface area contributed by atoms with Crippen LogP contribution in [-0.2, 0) is 0 Å². The van der Waals surface area contributed by atoms with Crippen molar-refractivity contribution < 1.29 is 9.50 Å². The third-order valence-corrected chi connectivity index (χ3v) is 2.28. The molecule has 1 aromatic carbocycles. The van der Waals surface area contributed by atoms with Crippen LogP contribution in [0.25, 0.3) is 0 Å². The Morgan fingerprint density at radius 2 is 2.00 bits per heavy atom. The Morgan fingerprint density at radius 1 is 1.40 bits per heavy atom. The van der Waals surface area contributed by atoms with Gasteiger partial charge in [-0.15, -0.1) is 6.58 Å². The zero-order valence-electron chi connectivity index (χ0n) is 8.62. The van der Waals surface area contributed by atoms with Crippen molar-refractivity contribution in [1.29, 1.82) is 0 Å². The fourth-order valence-electron chi connectivity index (χ4n) is 1.55. The van der Waals surface area contributed by atoms with Gasteiger partial charge in [0.25, 0.3) is 0 Å². The number of rotatable bonds is 5. The molecule has 0 radical (unpaired) electrons. The lowest BCUT2D eigenvalue weighted by Gasteiger charge is -2.14. The lowest BCUT2D eigenvalue weighted by molar-refractivity contribution is 0.474. The lowest BCUT2D eigenvalue weighted by Crippen LogP contribution is -1.97. The van der Waals surface area contributed by atoms with E-state index in [9.17, 15) is 4.39 Å². The molecule has 1 nitrogen and oxygen atoms in total. The molecular formula is C13H15FO. The Balaban J connectivity index is 2.83. The predicted octanol–water partition coefficient (Wildman–Crippen LogP) is 3.93. The molecule has 0 saturated carbocycles. The van der Waals surface area contributed by atoms with Crippen LogP contribution in [0.3, 0.4) is 0 Å². The van der Waals surface area contributed by atoms with Crippen LogP contribution >= 0.6 is 0 Å². The highest BCUT2D eigenvalue weighted by atomic mass is 19.1. The summed E-state index contributed by atoms with van der Waals surface area (Å²) in [6, 6.07) is 6.80. The van der Waals surface area contributed by atoms with E-state index in [2.05, 4.69) is 13.2 Å². The highest BCUT2D eigenvalue weighted by Gasteiger charge is 2.11. The summed E-state index contributed by atoms with van der Waals surface area (Å²) in [6.45, 7) is 6.92. The van der Waals surface area contributed by atoms with Crippen molar-refractivity contribution in [3.63, 3.8) is 0 Å². The Morgan fingerprint density at radius 3 is 2.47 bits per heavy atom. The molecule has 80 valence electrons. The summed E-state index contributed by atoms with van der Waals surface area (Å²) in [5.74, 6) is -0.0503. The number of allylic oxidation sites excluding steroid dienone is 2. The zero-order valence-corrected chi connectivity index (χ0v) is 8.62. The fourth-order valence-corrected chi connectivity index (χ4v) is 1.55. The van der Waals surface area contributed by atoms with Gasteiger partial charge in [-0.25, -0.2) is 4.39 Å². The van der Waals surface area contributed by atoms with Crippen LogP contribution in [0.2, 0.25) is 0 Å². The van der Waals surface area contributed by atoms with Crippen molar-refractivity contribution in [2.24, 2.45) is 0 Å². The maximum absolute atomic E-state index is 12.8. The van der Waals surface area contributed by atoms with Crippen LogP contribution in [0.5, 0.6) is 5.75 Å². The first kappa shape index (κ1) is 11.5. The van der Waals surface area contributed by atoms with Gasteiger partial charge in [0.1, 0.15) is 5.75 Å². The summed E-state index contributed by atoms with van der Waals surface area (Å²) in [6.07, 6.45) is 2.77. The summed E-state index contributed by atoms with van der Waals surface area (Å²) in [4.78, 5) is 0. The van der Waals surface area contributed by atoms with Crippen LogP contribution in [0, 0.1) is 0 Å². The fraction of sp³-hybridized carbons (Fsp3) is 0.231. The number of aromatic hydroxyl groups is 1. The first-order chi connectivity index (χ1) is 7.13. The monoisotopic (exact) mass is 206 g/mol. The summed E-state index contributed by atoms with van der Waals surface area (Å²) >= 11 is 0. The highest BCUT2D eigenvalue weighted by molar-refractivity contribution is 5.29. The molecule has 2 heteroatoms. The second-order valence-electron chi connectivity index (χ2n) is 3.53. The van der Waals surface area contributed by atoms with Crippen molar-refractivity contribution in [1.82, 2.24) is 0 Å². The minimum atomic E-state index is -0.324. The molecule has 1 aromatic rings. The number of phenols is 1. The van der Waals surface area contributed by atoms with E-state index in [-0.39, 0.29) is 17.5 Å². The van der Waals surface area contributed by atoms with Gasteiger partial charge in [-0.1, -0.05) is 24.8 Å². The lowest BCUT2D eigenvalue weighted by atomic mass is 9.92. The van der Waals surface area contributed by atoms with Crippen LogP contribution in [0.4, 0.5) is 4.39 Å². The molecule has 1 N–H and O–H groups in total. The van der Waals surface area contributed by atoms with Crippen molar-refractivity contribution in [3.05, 3.63) is 54.9 Å². The average molecular weight is 206 g/mol. The van der Waals surface area contributed by atoms with E-state index in [0.29, 0.717) is 12.8 Å². The van der Waals surface area contributed by atoms with E-state index in [0.717, 1.165) is 5.56 Å². The van der Waals surface area contributed by atoms with E-state index in [1.807, 2.05) is 0 Å². The quantitative estimate of drug-likeness (QED) is 0.724. The Hall–Kier alpha value is -1.57. The molecule has 0 spiro atoms. The molecule has 0 heterocycles. The van der Waals surface area contributed by atoms with E-state index < -0.39 is 0 Å². The molecule has 0 bridgehead atoms. The second-order valence-corrected chi connectivity index (χ2v) is 3.53. The highest BCUT2D eigenvalue weighted by Crippen LogP contribution is 2.28. The van der Waals surface area contributed by atoms with Gasteiger partial charge in [0, 0.05) is 6.42 Å². The minimum Gasteiger partial charge on any atom is -0.508 e. The first-order valence-electron chi connectivity index (χ1n) is 4.86. The topological polar surface area (TPSA) is 20.2 Å². The van der Waals surface area contributed by atoms with Crippen LogP contribution in [-0.4, -0.2) is 5.11 Å². The molecule has 1 rings (SSSR count). The molecule has 1 unspecified atom stereocenters. The normalized spacial score (nSPS) is 12.1. The number of hydrogen-bond acceptors (Lipinski definition) is 1. The molecule has 0 aliphatic carbocycles. The number of halogens is 1. The number of phenolic OH excluding ortho intramolecular Hbond substituents is 1. The van der Waals surface area contributed by atoms with Gasteiger partial charge in [-0.3, -0.25) is 0 Å². The smallest absolute Gasteiger partial charge is 0.115 e. The Kier molecular flexibility index (Phi) is 4.10. The second kappa shape index (κ2) is 5.35. The summed E-state index contributed by atoms with van der Waals surface area (Å²) < 4.78 is 12.8. The summed E-state index contributed by atoms with van der Waals surface area (Å²) in [5, 5.41) is 9.14. The number of benzene rings is 1. The van der Waals surface area contributed by atoms with E-state index in [4.69, 9.17) is 5.11 Å². The van der Waals surface area contributed by atoms with Crippen LogP contribution in [0.15, 0.2) is 49.3 Å². The largest absolute Gasteiger partial charge is 0.508 e. The van der Waals surface area contributed by atoms with E-state index >= 15 is 0 Å². The van der Waals surface area contributed by atoms with Crippen LogP contribution in [0.1, 0.15) is 24.3 Å². The maximum atomic E-state index is 12.8. The SMILES string of the molecule is C=CCC(CC(=C)F)c1ccc(O)cc1. The maximum Gasteiger partial charge on any atom is 0.115 e. The van der Waals surface area contributed by atoms with Crippen LogP contribution < -0.4 is 0 Å². The van der Waals surface area contributed by atoms with Gasteiger partial charge in [0.2, 0.25) is 0 Å². The minimum absolute atomic E-state index is 0.0561. The number of hydrogen-bond donors (Lipinski definition) is 1. The molecule has 0 fully saturated rings. The van der Waals surface area contributed by atoms with Crippen molar-refractivity contribution in [2.75, 3.05) is 0 Å². The molecule has 1 atom stereocenters. The average Bonchev–Trinajstić information content (AvgIpc) is 2.17. The van der Waals surface area contributed by atoms with Gasteiger partial charge >= 0.3 is 0 Å². The molecule has 0 amide bonds. The molecule has 0 aliphatic heterocycles. The standard InChI is InChI=1S/C13H15FO/c1-3-4-12(9-10(2)14)11-5-7-13(15)8-6-11/h3,5-8,12,15H,1-2,4,9H2. The van der Waals surface area contributed by atoms with Gasteiger partial charge in [-0.2, -0.15) is 0 Å². The van der Waals surface area contributed by atoms with E-state index in [1.54, 1.807) is 30.3 Å².